The lowest BCUT2D eigenvalue weighted by Gasteiger charge is -2.45. The molecular formula is C31H34Cl2N4O2. The van der Waals surface area contributed by atoms with Crippen molar-refractivity contribution in [3.8, 4) is 0 Å². The summed E-state index contributed by atoms with van der Waals surface area (Å²) >= 11 is 12.6. The normalized spacial score (nSPS) is 21.5. The van der Waals surface area contributed by atoms with Gasteiger partial charge in [0, 0.05) is 51.1 Å². The van der Waals surface area contributed by atoms with Crippen molar-refractivity contribution in [1.29, 1.82) is 0 Å². The zero-order valence-corrected chi connectivity index (χ0v) is 23.7. The molecule has 0 radical (unpaired) electrons. The molecule has 1 unspecified atom stereocenters. The number of halogens is 2. The van der Waals surface area contributed by atoms with E-state index in [2.05, 4.69) is 27.3 Å². The first-order chi connectivity index (χ1) is 18.9. The van der Waals surface area contributed by atoms with Crippen LogP contribution in [0.2, 0.25) is 10.0 Å². The molecule has 1 aromatic heterocycles. The van der Waals surface area contributed by atoms with Crippen molar-refractivity contribution < 1.29 is 9.59 Å². The van der Waals surface area contributed by atoms with Crippen LogP contribution in [0.15, 0.2) is 72.9 Å². The third-order valence-corrected chi connectivity index (χ3v) is 8.93. The Kier molecular flexibility index (Phi) is 8.55. The Hall–Kier alpha value is -2.93. The first-order valence-electron chi connectivity index (χ1n) is 13.6. The van der Waals surface area contributed by atoms with Crippen molar-refractivity contribution in [3.05, 3.63) is 94.1 Å². The molecule has 2 amide bonds. The van der Waals surface area contributed by atoms with E-state index in [1.54, 1.807) is 13.1 Å². The fourth-order valence-electron chi connectivity index (χ4n) is 6.27. The largest absolute Gasteiger partial charge is 0.347 e. The number of likely N-dealkylation sites (tertiary alicyclic amines) is 1. The minimum atomic E-state index is -0.354. The summed E-state index contributed by atoms with van der Waals surface area (Å²) < 4.78 is 0. The number of pyridine rings is 1. The summed E-state index contributed by atoms with van der Waals surface area (Å²) in [5.74, 6) is 0.891. The zero-order chi connectivity index (χ0) is 27.4. The third-order valence-electron chi connectivity index (χ3n) is 8.19. The van der Waals surface area contributed by atoms with Gasteiger partial charge in [0.25, 0.3) is 0 Å². The smallest absolute Gasteiger partial charge is 0.228 e. The lowest BCUT2D eigenvalue weighted by Crippen LogP contribution is -2.54. The Morgan fingerprint density at radius 3 is 2.44 bits per heavy atom. The minimum absolute atomic E-state index is 0.0107. The average Bonchev–Trinajstić information content (AvgIpc) is 2.95. The number of hydrogen-bond acceptors (Lipinski definition) is 4. The number of benzene rings is 2. The second kappa shape index (κ2) is 12.1. The summed E-state index contributed by atoms with van der Waals surface area (Å²) in [6.45, 7) is 4.14. The maximum absolute atomic E-state index is 13.3. The van der Waals surface area contributed by atoms with Gasteiger partial charge in [-0.15, -0.1) is 0 Å². The van der Waals surface area contributed by atoms with E-state index in [1.807, 2.05) is 59.5 Å². The van der Waals surface area contributed by atoms with Crippen LogP contribution in [0, 0.1) is 0 Å². The number of nitrogens with one attached hydrogen (secondary N) is 1. The molecule has 2 aliphatic rings. The van der Waals surface area contributed by atoms with Gasteiger partial charge in [0.15, 0.2) is 0 Å². The van der Waals surface area contributed by atoms with Gasteiger partial charge >= 0.3 is 0 Å². The molecule has 0 spiro atoms. The van der Waals surface area contributed by atoms with Gasteiger partial charge in [0.1, 0.15) is 5.82 Å². The highest BCUT2D eigenvalue weighted by molar-refractivity contribution is 6.42. The number of aromatic nitrogens is 1. The SMILES string of the molecule is CC(=O)NC1(c2ccccc2)CCN(CCC2[C@H](c3ccc(Cl)c(Cl)c3)CCC(=O)N2c2ccccn2)CC1. The summed E-state index contributed by atoms with van der Waals surface area (Å²) in [7, 11) is 0. The number of rotatable bonds is 7. The predicted molar refractivity (Wildman–Crippen MR) is 156 cm³/mol. The van der Waals surface area contributed by atoms with E-state index in [1.165, 1.54) is 0 Å². The van der Waals surface area contributed by atoms with Crippen LogP contribution in [0.5, 0.6) is 0 Å². The molecule has 0 aliphatic carbocycles. The summed E-state index contributed by atoms with van der Waals surface area (Å²) in [4.78, 5) is 34.3. The van der Waals surface area contributed by atoms with Gasteiger partial charge in [-0.2, -0.15) is 0 Å². The first-order valence-corrected chi connectivity index (χ1v) is 14.4. The van der Waals surface area contributed by atoms with Gasteiger partial charge in [0.05, 0.1) is 15.6 Å². The van der Waals surface area contributed by atoms with Crippen LogP contribution in [0.3, 0.4) is 0 Å². The minimum Gasteiger partial charge on any atom is -0.347 e. The highest BCUT2D eigenvalue weighted by Crippen LogP contribution is 2.40. The fraction of sp³-hybridized carbons (Fsp3) is 0.387. The van der Waals surface area contributed by atoms with E-state index in [-0.39, 0.29) is 29.3 Å². The molecule has 204 valence electrons. The summed E-state index contributed by atoms with van der Waals surface area (Å²) in [5, 5.41) is 4.32. The zero-order valence-electron chi connectivity index (χ0n) is 22.2. The molecule has 8 heteroatoms. The molecule has 6 nitrogen and oxygen atoms in total. The predicted octanol–water partition coefficient (Wildman–Crippen LogP) is 6.19. The van der Waals surface area contributed by atoms with Crippen molar-refractivity contribution in [2.24, 2.45) is 0 Å². The topological polar surface area (TPSA) is 65.5 Å². The van der Waals surface area contributed by atoms with Crippen LogP contribution < -0.4 is 10.2 Å². The van der Waals surface area contributed by atoms with E-state index in [0.29, 0.717) is 22.3 Å². The maximum atomic E-state index is 13.3. The van der Waals surface area contributed by atoms with Gasteiger partial charge in [-0.05, 0) is 61.1 Å². The van der Waals surface area contributed by atoms with Gasteiger partial charge in [-0.1, -0.05) is 65.7 Å². The Morgan fingerprint density at radius 2 is 1.77 bits per heavy atom. The van der Waals surface area contributed by atoms with Crippen molar-refractivity contribution in [3.63, 3.8) is 0 Å². The second-order valence-corrected chi connectivity index (χ2v) is 11.4. The molecule has 39 heavy (non-hydrogen) atoms. The van der Waals surface area contributed by atoms with Gasteiger partial charge in [-0.25, -0.2) is 4.98 Å². The number of amides is 2. The van der Waals surface area contributed by atoms with E-state index < -0.39 is 0 Å². The van der Waals surface area contributed by atoms with Gasteiger partial charge in [0.2, 0.25) is 11.8 Å². The quantitative estimate of drug-likeness (QED) is 0.372. The highest BCUT2D eigenvalue weighted by Gasteiger charge is 2.40. The molecule has 5 rings (SSSR count). The molecule has 2 atom stereocenters. The Balaban J connectivity index is 1.36. The molecular weight excluding hydrogens is 531 g/mol. The van der Waals surface area contributed by atoms with Gasteiger partial charge in [-0.3, -0.25) is 14.5 Å². The van der Waals surface area contributed by atoms with Gasteiger partial charge < -0.3 is 10.2 Å². The molecule has 2 fully saturated rings. The number of hydrogen-bond donors (Lipinski definition) is 1. The lowest BCUT2D eigenvalue weighted by atomic mass is 9.79. The number of nitrogens with zero attached hydrogens (tertiary/aromatic N) is 3. The number of carbonyl (C=O) groups is 2. The molecule has 1 N–H and O–H groups in total. The monoisotopic (exact) mass is 564 g/mol. The van der Waals surface area contributed by atoms with E-state index in [9.17, 15) is 9.59 Å². The highest BCUT2D eigenvalue weighted by atomic mass is 35.5. The molecule has 2 aliphatic heterocycles. The first kappa shape index (κ1) is 27.6. The molecule has 0 bridgehead atoms. The summed E-state index contributed by atoms with van der Waals surface area (Å²) in [6, 6.07) is 21.7. The maximum Gasteiger partial charge on any atom is 0.228 e. The van der Waals surface area contributed by atoms with Crippen molar-refractivity contribution >= 4 is 40.8 Å². The van der Waals surface area contributed by atoms with E-state index in [0.717, 1.165) is 56.4 Å². The van der Waals surface area contributed by atoms with Crippen molar-refractivity contribution in [2.75, 3.05) is 24.5 Å². The van der Waals surface area contributed by atoms with Crippen LogP contribution in [-0.2, 0) is 15.1 Å². The van der Waals surface area contributed by atoms with Crippen molar-refractivity contribution in [2.45, 2.75) is 56.5 Å². The Labute approximate surface area is 240 Å². The summed E-state index contributed by atoms with van der Waals surface area (Å²) in [5.41, 5.74) is 1.89. The fourth-order valence-corrected chi connectivity index (χ4v) is 6.57. The van der Waals surface area contributed by atoms with Crippen molar-refractivity contribution in [1.82, 2.24) is 15.2 Å². The van der Waals surface area contributed by atoms with E-state index in [4.69, 9.17) is 23.2 Å². The Morgan fingerprint density at radius 1 is 1.03 bits per heavy atom. The molecule has 0 saturated carbocycles. The number of piperidine rings is 2. The van der Waals surface area contributed by atoms with Crippen LogP contribution in [-0.4, -0.2) is 47.4 Å². The van der Waals surface area contributed by atoms with Crippen LogP contribution >= 0.6 is 23.2 Å². The second-order valence-electron chi connectivity index (χ2n) is 10.6. The number of anilines is 1. The van der Waals surface area contributed by atoms with Crippen LogP contribution in [0.25, 0.3) is 0 Å². The lowest BCUT2D eigenvalue weighted by molar-refractivity contribution is -0.122. The Bertz CT molecular complexity index is 1300. The average molecular weight is 566 g/mol. The molecule has 2 saturated heterocycles. The number of carbonyl (C=O) groups excluding carboxylic acids is 2. The van der Waals surface area contributed by atoms with Crippen LogP contribution in [0.1, 0.15) is 56.1 Å². The van der Waals surface area contributed by atoms with E-state index >= 15 is 0 Å². The third kappa shape index (κ3) is 6.13. The standard InChI is InChI=1S/C31H34Cl2N4O2/c1-22(38)35-31(24-7-3-2-4-8-24)15-19-36(20-16-31)18-14-28-25(23-10-12-26(32)27(33)21-23)11-13-30(39)37(28)29-9-5-6-17-34-29/h2-10,12,17,21,25,28H,11,13-16,18-20H2,1H3,(H,35,38)/t25-,28?/m0/s1. The molecule has 3 aromatic rings. The summed E-state index contributed by atoms with van der Waals surface area (Å²) in [6.07, 6.45) is 5.41. The molecule has 2 aromatic carbocycles. The van der Waals surface area contributed by atoms with Crippen LogP contribution in [0.4, 0.5) is 5.82 Å². The molecule has 3 heterocycles.